The Kier molecular flexibility index (Phi) is 10.6. The zero-order chi connectivity index (χ0) is 24.5. The highest BCUT2D eigenvalue weighted by Gasteiger charge is 2.40. The molecule has 0 aliphatic rings. The number of benzene rings is 2. The van der Waals surface area contributed by atoms with Crippen LogP contribution in [0, 0.1) is 13.8 Å². The van der Waals surface area contributed by atoms with Crippen molar-refractivity contribution in [2.75, 3.05) is 0 Å². The van der Waals surface area contributed by atoms with Gasteiger partial charge in [0.25, 0.3) is 20.0 Å². The van der Waals surface area contributed by atoms with Gasteiger partial charge in [0.2, 0.25) is 0 Å². The third-order valence-corrected chi connectivity index (χ3v) is 10.5. The van der Waals surface area contributed by atoms with Gasteiger partial charge < -0.3 is 0 Å². The fourth-order valence-corrected chi connectivity index (χ4v) is 7.99. The molecule has 0 aliphatic heterocycles. The van der Waals surface area contributed by atoms with E-state index in [2.05, 4.69) is 6.92 Å². The van der Waals surface area contributed by atoms with Crippen LogP contribution in [0.1, 0.15) is 82.8 Å². The number of aryl methyl sites for hydroxylation is 2. The Morgan fingerprint density at radius 3 is 1.39 bits per heavy atom. The number of sulfonamides is 2. The second-order valence-electron chi connectivity index (χ2n) is 8.97. The molecule has 1 unspecified atom stereocenters. The highest BCUT2D eigenvalue weighted by atomic mass is 32.3. The highest BCUT2D eigenvalue weighted by Crippen LogP contribution is 2.29. The van der Waals surface area contributed by atoms with E-state index >= 15 is 0 Å². The van der Waals surface area contributed by atoms with Crippen molar-refractivity contribution in [3.05, 3.63) is 59.7 Å². The fraction of sp³-hybridized carbons (Fsp3) is 0.538. The van der Waals surface area contributed by atoms with Gasteiger partial charge in [-0.3, -0.25) is 0 Å². The van der Waals surface area contributed by atoms with Gasteiger partial charge in [-0.25, -0.2) is 16.8 Å². The first kappa shape index (κ1) is 27.5. The molecule has 0 radical (unpaired) electrons. The number of rotatable bonds is 14. The summed E-state index contributed by atoms with van der Waals surface area (Å²) in [5.41, 5.74) is 1.82. The molecule has 7 heteroatoms. The molecule has 0 aromatic heterocycles. The quantitative estimate of drug-likeness (QED) is 0.278. The Morgan fingerprint density at radius 2 is 1.00 bits per heavy atom. The van der Waals surface area contributed by atoms with Crippen molar-refractivity contribution >= 4 is 20.0 Å². The van der Waals surface area contributed by atoms with Crippen LogP contribution in [0.25, 0.3) is 0 Å². The minimum atomic E-state index is -4.25. The van der Waals surface area contributed by atoms with Crippen LogP contribution in [0.2, 0.25) is 0 Å². The molecule has 0 bridgehead atoms. The van der Waals surface area contributed by atoms with Crippen molar-refractivity contribution in [3.8, 4) is 0 Å². The summed E-state index contributed by atoms with van der Waals surface area (Å²) in [4.78, 5) is -0.0156. The lowest BCUT2D eigenvalue weighted by atomic mass is 10.1. The zero-order valence-corrected chi connectivity index (χ0v) is 22.1. The predicted octanol–water partition coefficient (Wildman–Crippen LogP) is 6.60. The third-order valence-electron chi connectivity index (χ3n) is 5.95. The molecule has 0 amide bonds. The van der Waals surface area contributed by atoms with Crippen molar-refractivity contribution in [2.24, 2.45) is 0 Å². The second-order valence-corrected chi connectivity index (χ2v) is 12.8. The molecule has 0 saturated heterocycles. The van der Waals surface area contributed by atoms with Gasteiger partial charge in [-0.1, -0.05) is 97.4 Å². The van der Waals surface area contributed by atoms with Gasteiger partial charge in [0.15, 0.2) is 0 Å². The Labute approximate surface area is 201 Å². The molecule has 2 aromatic carbocycles. The molecule has 0 fully saturated rings. The number of unbranched alkanes of at least 4 members (excludes halogenated alkanes) is 7. The summed E-state index contributed by atoms with van der Waals surface area (Å²) < 4.78 is 55.0. The monoisotopic (exact) mass is 493 g/mol. The van der Waals surface area contributed by atoms with Gasteiger partial charge in [-0.2, -0.15) is 0 Å². The van der Waals surface area contributed by atoms with E-state index in [4.69, 9.17) is 0 Å². The maximum Gasteiger partial charge on any atom is 0.256 e. The summed E-state index contributed by atoms with van der Waals surface area (Å²) in [6, 6.07) is 12.0. The van der Waals surface area contributed by atoms with Crippen LogP contribution in [0.5, 0.6) is 0 Å². The normalized spacial score (nSPS) is 13.4. The van der Waals surface area contributed by atoms with Gasteiger partial charge in [0.05, 0.1) is 9.79 Å². The molecular formula is C26H39NO4S2. The molecule has 1 atom stereocenters. The summed E-state index contributed by atoms with van der Waals surface area (Å²) in [7, 11) is -8.49. The average molecular weight is 494 g/mol. The molecule has 0 heterocycles. The van der Waals surface area contributed by atoms with Gasteiger partial charge in [-0.05, 0) is 51.5 Å². The average Bonchev–Trinajstić information content (AvgIpc) is 2.76. The fourth-order valence-electron chi connectivity index (χ4n) is 3.91. The van der Waals surface area contributed by atoms with Crippen molar-refractivity contribution in [3.63, 3.8) is 0 Å². The van der Waals surface area contributed by atoms with E-state index in [1.54, 1.807) is 31.2 Å². The van der Waals surface area contributed by atoms with E-state index in [0.717, 1.165) is 34.1 Å². The molecule has 5 nitrogen and oxygen atoms in total. The molecule has 0 aliphatic carbocycles. The first-order chi connectivity index (χ1) is 15.6. The molecule has 184 valence electrons. The lowest BCUT2D eigenvalue weighted by molar-refractivity contribution is 0.407. The van der Waals surface area contributed by atoms with Crippen molar-refractivity contribution in [2.45, 2.75) is 101 Å². The van der Waals surface area contributed by atoms with Crippen molar-refractivity contribution in [1.29, 1.82) is 0 Å². The zero-order valence-electron chi connectivity index (χ0n) is 20.5. The maximum atomic E-state index is 13.6. The lowest BCUT2D eigenvalue weighted by Gasteiger charge is -2.28. The van der Waals surface area contributed by atoms with Crippen LogP contribution in [0.4, 0.5) is 0 Å². The van der Waals surface area contributed by atoms with E-state index in [-0.39, 0.29) is 9.79 Å². The van der Waals surface area contributed by atoms with Gasteiger partial charge in [0.1, 0.15) is 0 Å². The molecule has 0 spiro atoms. The summed E-state index contributed by atoms with van der Waals surface area (Å²) in [6.45, 7) is 7.62. The third kappa shape index (κ3) is 7.66. The van der Waals surface area contributed by atoms with E-state index in [0.29, 0.717) is 6.42 Å². The van der Waals surface area contributed by atoms with Crippen LogP contribution in [0.3, 0.4) is 0 Å². The molecule has 2 aromatic rings. The SMILES string of the molecule is CCCCCCCCCCC(C)N(S(=O)(=O)c1ccc(C)cc1)S(=O)(=O)c1ccc(C)cc1. The topological polar surface area (TPSA) is 71.5 Å². The predicted molar refractivity (Wildman–Crippen MR) is 135 cm³/mol. The van der Waals surface area contributed by atoms with Gasteiger partial charge in [-0.15, -0.1) is 0 Å². The van der Waals surface area contributed by atoms with Crippen LogP contribution >= 0.6 is 0 Å². The minimum Gasteiger partial charge on any atom is -0.206 e. The summed E-state index contributed by atoms with van der Waals surface area (Å²) >= 11 is 0. The van der Waals surface area contributed by atoms with E-state index < -0.39 is 26.1 Å². The van der Waals surface area contributed by atoms with Crippen LogP contribution in [-0.4, -0.2) is 26.6 Å². The van der Waals surface area contributed by atoms with Crippen LogP contribution < -0.4 is 0 Å². The van der Waals surface area contributed by atoms with Crippen LogP contribution in [0.15, 0.2) is 58.3 Å². The molecule has 0 saturated carbocycles. The molecule has 2 rings (SSSR count). The van der Waals surface area contributed by atoms with Crippen molar-refractivity contribution < 1.29 is 16.8 Å². The number of nitrogens with zero attached hydrogens (tertiary/aromatic N) is 1. The Hall–Kier alpha value is -1.70. The molecule has 33 heavy (non-hydrogen) atoms. The van der Waals surface area contributed by atoms with Crippen LogP contribution in [-0.2, 0) is 20.0 Å². The van der Waals surface area contributed by atoms with E-state index in [9.17, 15) is 16.8 Å². The highest BCUT2D eigenvalue weighted by molar-refractivity contribution is 8.04. The molecular weight excluding hydrogens is 454 g/mol. The standard InChI is InChI=1S/C26H39NO4S2/c1-5-6-7-8-9-10-11-12-13-24(4)27(32(28,29)25-18-14-22(2)15-19-25)33(30,31)26-20-16-23(3)17-21-26/h14-21,24H,5-13H2,1-4H3. The Morgan fingerprint density at radius 1 is 0.636 bits per heavy atom. The first-order valence-electron chi connectivity index (χ1n) is 12.0. The lowest BCUT2D eigenvalue weighted by Crippen LogP contribution is -2.43. The van der Waals surface area contributed by atoms with Gasteiger partial charge in [0, 0.05) is 6.04 Å². The number of hydrogen-bond acceptors (Lipinski definition) is 4. The first-order valence-corrected chi connectivity index (χ1v) is 14.9. The van der Waals surface area contributed by atoms with E-state index in [1.165, 1.54) is 56.4 Å². The van der Waals surface area contributed by atoms with E-state index in [1.807, 2.05) is 13.8 Å². The summed E-state index contributed by atoms with van der Waals surface area (Å²) in [5.74, 6) is 0. The van der Waals surface area contributed by atoms with Crippen molar-refractivity contribution in [1.82, 2.24) is 3.71 Å². The Balaban J connectivity index is 2.24. The second kappa shape index (κ2) is 12.7. The maximum absolute atomic E-state index is 13.6. The molecule has 0 N–H and O–H groups in total. The summed E-state index contributed by atoms with van der Waals surface area (Å²) in [5, 5.41) is 0. The van der Waals surface area contributed by atoms with Gasteiger partial charge >= 0.3 is 0 Å². The Bertz CT molecular complexity index is 985. The number of hydrogen-bond donors (Lipinski definition) is 0. The minimum absolute atomic E-state index is 0.00781. The largest absolute Gasteiger partial charge is 0.256 e. The smallest absolute Gasteiger partial charge is 0.206 e. The summed E-state index contributed by atoms with van der Waals surface area (Å²) in [6.07, 6.45) is 9.47.